The predicted molar refractivity (Wildman–Crippen MR) is 77.5 cm³/mol. The minimum atomic E-state index is -0.462. The summed E-state index contributed by atoms with van der Waals surface area (Å²) < 4.78 is 13.7. The van der Waals surface area contributed by atoms with Crippen molar-refractivity contribution in [2.75, 3.05) is 26.2 Å². The van der Waals surface area contributed by atoms with Crippen LogP contribution in [0.3, 0.4) is 0 Å². The molecule has 0 unspecified atom stereocenters. The Balaban J connectivity index is 1.61. The molecule has 0 aromatic heterocycles. The van der Waals surface area contributed by atoms with Gasteiger partial charge in [0.05, 0.1) is 11.7 Å². The van der Waals surface area contributed by atoms with E-state index in [0.717, 1.165) is 32.4 Å². The number of amides is 1. The van der Waals surface area contributed by atoms with Gasteiger partial charge in [0.25, 0.3) is 5.91 Å². The predicted octanol–water partition coefficient (Wildman–Crippen LogP) is 1.50. The Labute approximate surface area is 124 Å². The van der Waals surface area contributed by atoms with E-state index in [2.05, 4.69) is 4.90 Å². The van der Waals surface area contributed by atoms with Crippen LogP contribution >= 0.6 is 0 Å². The second-order valence-corrected chi connectivity index (χ2v) is 5.87. The van der Waals surface area contributed by atoms with E-state index in [0.29, 0.717) is 13.1 Å². The Morgan fingerprint density at radius 1 is 1.14 bits per heavy atom. The molecule has 4 nitrogen and oxygen atoms in total. The van der Waals surface area contributed by atoms with Crippen LogP contribution in [0.5, 0.6) is 0 Å². The largest absolute Gasteiger partial charge is 0.391 e. The van der Waals surface area contributed by atoms with Crippen molar-refractivity contribution in [1.82, 2.24) is 9.80 Å². The van der Waals surface area contributed by atoms with E-state index in [-0.39, 0.29) is 23.6 Å². The first-order valence-electron chi connectivity index (χ1n) is 7.63. The van der Waals surface area contributed by atoms with Crippen molar-refractivity contribution in [2.45, 2.75) is 31.4 Å². The monoisotopic (exact) mass is 292 g/mol. The summed E-state index contributed by atoms with van der Waals surface area (Å²) in [6, 6.07) is 6.35. The fourth-order valence-corrected chi connectivity index (χ4v) is 3.41. The van der Waals surface area contributed by atoms with Gasteiger partial charge in [-0.05, 0) is 31.4 Å². The molecule has 1 aliphatic carbocycles. The lowest BCUT2D eigenvalue weighted by molar-refractivity contribution is 0.0313. The van der Waals surface area contributed by atoms with Gasteiger partial charge < -0.3 is 10.0 Å². The molecular formula is C16H21FN2O2. The molecule has 3 rings (SSSR count). The number of carbonyl (C=O) groups is 1. The van der Waals surface area contributed by atoms with Gasteiger partial charge in [0.15, 0.2) is 0 Å². The second kappa shape index (κ2) is 6.12. The number of aliphatic hydroxyl groups is 1. The molecule has 0 bridgehead atoms. The zero-order valence-electron chi connectivity index (χ0n) is 12.0. The van der Waals surface area contributed by atoms with E-state index in [9.17, 15) is 14.3 Å². The third-order valence-corrected chi connectivity index (χ3v) is 4.62. The molecule has 0 spiro atoms. The average Bonchev–Trinajstić information content (AvgIpc) is 2.93. The van der Waals surface area contributed by atoms with Crippen LogP contribution < -0.4 is 0 Å². The maximum absolute atomic E-state index is 13.7. The number of hydrogen-bond donors (Lipinski definition) is 1. The molecule has 1 aromatic rings. The smallest absolute Gasteiger partial charge is 0.256 e. The summed E-state index contributed by atoms with van der Waals surface area (Å²) in [5.74, 6) is -0.698. The summed E-state index contributed by atoms with van der Waals surface area (Å²) in [5, 5.41) is 9.96. The third kappa shape index (κ3) is 2.94. The van der Waals surface area contributed by atoms with E-state index >= 15 is 0 Å². The standard InChI is InChI=1S/C16H21FN2O2/c17-13-5-2-1-4-12(13)16(21)19-10-8-18(9-11-19)14-6-3-7-15(14)20/h1-2,4-5,14-15,20H,3,6-11H2/t14-,15+/m0/s1. The summed E-state index contributed by atoms with van der Waals surface area (Å²) >= 11 is 0. The van der Waals surface area contributed by atoms with E-state index in [4.69, 9.17) is 0 Å². The van der Waals surface area contributed by atoms with Crippen molar-refractivity contribution in [3.05, 3.63) is 35.6 Å². The van der Waals surface area contributed by atoms with E-state index in [1.807, 2.05) is 0 Å². The van der Waals surface area contributed by atoms with E-state index < -0.39 is 5.82 Å². The lowest BCUT2D eigenvalue weighted by Gasteiger charge is -2.39. The zero-order valence-corrected chi connectivity index (χ0v) is 12.0. The number of halogens is 1. The summed E-state index contributed by atoms with van der Waals surface area (Å²) in [6.45, 7) is 2.69. The third-order valence-electron chi connectivity index (χ3n) is 4.62. The number of hydrogen-bond acceptors (Lipinski definition) is 3. The molecule has 1 heterocycles. The molecule has 1 amide bonds. The fraction of sp³-hybridized carbons (Fsp3) is 0.562. The van der Waals surface area contributed by atoms with Crippen molar-refractivity contribution < 1.29 is 14.3 Å². The second-order valence-electron chi connectivity index (χ2n) is 5.87. The Kier molecular flexibility index (Phi) is 4.22. The van der Waals surface area contributed by atoms with Gasteiger partial charge in [0.2, 0.25) is 0 Å². The van der Waals surface area contributed by atoms with Crippen molar-refractivity contribution in [2.24, 2.45) is 0 Å². The van der Waals surface area contributed by atoms with Gasteiger partial charge in [-0.2, -0.15) is 0 Å². The minimum Gasteiger partial charge on any atom is -0.391 e. The van der Waals surface area contributed by atoms with Crippen LogP contribution in [0.15, 0.2) is 24.3 Å². The maximum atomic E-state index is 13.7. The Morgan fingerprint density at radius 2 is 1.86 bits per heavy atom. The molecule has 21 heavy (non-hydrogen) atoms. The molecule has 5 heteroatoms. The highest BCUT2D eigenvalue weighted by Gasteiger charge is 2.33. The van der Waals surface area contributed by atoms with Gasteiger partial charge in [0.1, 0.15) is 5.82 Å². The molecule has 2 atom stereocenters. The van der Waals surface area contributed by atoms with Crippen LogP contribution in [0.1, 0.15) is 29.6 Å². The highest BCUT2D eigenvalue weighted by Crippen LogP contribution is 2.25. The first kappa shape index (κ1) is 14.5. The molecule has 1 aliphatic heterocycles. The number of nitrogens with zero attached hydrogens (tertiary/aromatic N) is 2. The van der Waals surface area contributed by atoms with Gasteiger partial charge in [-0.1, -0.05) is 12.1 Å². The lowest BCUT2D eigenvalue weighted by atomic mass is 10.1. The first-order valence-corrected chi connectivity index (χ1v) is 7.63. The summed E-state index contributed by atoms with van der Waals surface area (Å²) in [6.07, 6.45) is 2.74. The van der Waals surface area contributed by atoms with Crippen LogP contribution in [0, 0.1) is 5.82 Å². The van der Waals surface area contributed by atoms with Crippen LogP contribution in [0.25, 0.3) is 0 Å². The van der Waals surface area contributed by atoms with Crippen molar-refractivity contribution in [3.63, 3.8) is 0 Å². The van der Waals surface area contributed by atoms with Crippen LogP contribution in [-0.2, 0) is 0 Å². The molecule has 1 N–H and O–H groups in total. The van der Waals surface area contributed by atoms with Crippen LogP contribution in [0.4, 0.5) is 4.39 Å². The summed E-state index contributed by atoms with van der Waals surface area (Å²) in [5.41, 5.74) is 0.145. The van der Waals surface area contributed by atoms with Crippen LogP contribution in [-0.4, -0.2) is 59.1 Å². The Morgan fingerprint density at radius 3 is 2.48 bits per heavy atom. The molecule has 2 fully saturated rings. The molecule has 1 aromatic carbocycles. The van der Waals surface area contributed by atoms with Crippen molar-refractivity contribution >= 4 is 5.91 Å². The zero-order chi connectivity index (χ0) is 14.8. The van der Waals surface area contributed by atoms with Gasteiger partial charge in [-0.15, -0.1) is 0 Å². The number of aliphatic hydroxyl groups excluding tert-OH is 1. The normalized spacial score (nSPS) is 27.0. The van der Waals surface area contributed by atoms with Gasteiger partial charge in [0, 0.05) is 32.2 Å². The van der Waals surface area contributed by atoms with E-state index in [1.165, 1.54) is 12.1 Å². The Bertz CT molecular complexity index is 515. The highest BCUT2D eigenvalue weighted by molar-refractivity contribution is 5.94. The molecule has 0 radical (unpaired) electrons. The fourth-order valence-electron chi connectivity index (χ4n) is 3.41. The number of rotatable bonds is 2. The molecule has 114 valence electrons. The van der Waals surface area contributed by atoms with Gasteiger partial charge >= 0.3 is 0 Å². The maximum Gasteiger partial charge on any atom is 0.256 e. The molecule has 2 aliphatic rings. The summed E-state index contributed by atoms with van der Waals surface area (Å²) in [4.78, 5) is 16.3. The van der Waals surface area contributed by atoms with Gasteiger partial charge in [-0.3, -0.25) is 9.69 Å². The van der Waals surface area contributed by atoms with Crippen molar-refractivity contribution in [1.29, 1.82) is 0 Å². The highest BCUT2D eigenvalue weighted by atomic mass is 19.1. The van der Waals surface area contributed by atoms with Crippen LogP contribution in [0.2, 0.25) is 0 Å². The number of carbonyl (C=O) groups excluding carboxylic acids is 1. The lowest BCUT2D eigenvalue weighted by Crippen LogP contribution is -2.53. The van der Waals surface area contributed by atoms with E-state index in [1.54, 1.807) is 17.0 Å². The SMILES string of the molecule is O=C(c1ccccc1F)N1CCN([C@H]2CCC[C@H]2O)CC1. The van der Waals surface area contributed by atoms with Crippen molar-refractivity contribution in [3.8, 4) is 0 Å². The molecule has 1 saturated carbocycles. The quantitative estimate of drug-likeness (QED) is 0.898. The number of piperazine rings is 1. The summed E-state index contributed by atoms with van der Waals surface area (Å²) in [7, 11) is 0. The average molecular weight is 292 g/mol. The topological polar surface area (TPSA) is 43.8 Å². The minimum absolute atomic E-state index is 0.145. The Hall–Kier alpha value is -1.46. The first-order chi connectivity index (χ1) is 10.2. The van der Waals surface area contributed by atoms with Gasteiger partial charge in [-0.25, -0.2) is 4.39 Å². The molecular weight excluding hydrogens is 271 g/mol. The molecule has 1 saturated heterocycles. The number of benzene rings is 1.